The van der Waals surface area contributed by atoms with Crippen LogP contribution in [-0.2, 0) is 10.4 Å². The zero-order valence-electron chi connectivity index (χ0n) is 9.58. The van der Waals surface area contributed by atoms with Gasteiger partial charge in [0.25, 0.3) is 0 Å². The Bertz CT molecular complexity index is 430. The maximum Gasteiger partial charge on any atom is 0.309 e. The van der Waals surface area contributed by atoms with Gasteiger partial charge in [0.05, 0.1) is 5.92 Å². The second kappa shape index (κ2) is 4.79. The van der Waals surface area contributed by atoms with Crippen LogP contribution in [0, 0.1) is 17.6 Å². The Morgan fingerprint density at radius 2 is 2.06 bits per heavy atom. The van der Waals surface area contributed by atoms with Gasteiger partial charge < -0.3 is 10.2 Å². The monoisotopic (exact) mass is 244 g/mol. The first kappa shape index (κ1) is 13.6. The highest BCUT2D eigenvalue weighted by Gasteiger charge is 2.40. The number of carboxylic acid groups (broad SMARTS) is 1. The number of carbonyl (C=O) groups is 1. The third-order valence-corrected chi connectivity index (χ3v) is 2.88. The zero-order chi connectivity index (χ0) is 13.2. The minimum atomic E-state index is -1.95. The van der Waals surface area contributed by atoms with E-state index in [4.69, 9.17) is 5.11 Å². The van der Waals surface area contributed by atoms with E-state index in [0.29, 0.717) is 0 Å². The van der Waals surface area contributed by atoms with E-state index >= 15 is 0 Å². The van der Waals surface area contributed by atoms with Gasteiger partial charge in [0.15, 0.2) is 11.6 Å². The summed E-state index contributed by atoms with van der Waals surface area (Å²) in [4.78, 5) is 11.0. The predicted octanol–water partition coefficient (Wildman–Crippen LogP) is 2.28. The number of rotatable bonds is 4. The van der Waals surface area contributed by atoms with E-state index in [0.717, 1.165) is 6.07 Å². The molecule has 2 atom stereocenters. The van der Waals surface area contributed by atoms with Crippen molar-refractivity contribution in [3.63, 3.8) is 0 Å². The van der Waals surface area contributed by atoms with Crippen molar-refractivity contribution in [1.29, 1.82) is 0 Å². The summed E-state index contributed by atoms with van der Waals surface area (Å²) in [5.74, 6) is -4.76. The van der Waals surface area contributed by atoms with Crippen LogP contribution in [0.4, 0.5) is 8.78 Å². The van der Waals surface area contributed by atoms with Gasteiger partial charge in [-0.3, -0.25) is 4.79 Å². The minimum Gasteiger partial charge on any atom is -0.481 e. The fraction of sp³-hybridized carbons (Fsp3) is 0.417. The third kappa shape index (κ3) is 2.44. The Morgan fingerprint density at radius 3 is 2.53 bits per heavy atom. The highest BCUT2D eigenvalue weighted by atomic mass is 19.2. The van der Waals surface area contributed by atoms with E-state index in [1.807, 2.05) is 0 Å². The molecule has 3 nitrogen and oxygen atoms in total. The molecule has 1 rings (SSSR count). The topological polar surface area (TPSA) is 57.5 Å². The van der Waals surface area contributed by atoms with Crippen LogP contribution in [-0.4, -0.2) is 16.2 Å². The second-order valence-electron chi connectivity index (χ2n) is 4.05. The summed E-state index contributed by atoms with van der Waals surface area (Å²) in [6.45, 7) is 2.73. The van der Waals surface area contributed by atoms with E-state index in [-0.39, 0.29) is 12.0 Å². The average molecular weight is 244 g/mol. The standard InChI is InChI=1S/C12H14F2O3/c1-3-7(11(15)16)12(2,17)8-5-4-6-9(13)10(8)14/h4-7,17H,3H2,1-2H3,(H,15,16). The fourth-order valence-corrected chi connectivity index (χ4v) is 1.89. The number of carboxylic acids is 1. The number of benzene rings is 1. The Morgan fingerprint density at radius 1 is 1.47 bits per heavy atom. The molecular weight excluding hydrogens is 230 g/mol. The van der Waals surface area contributed by atoms with Crippen molar-refractivity contribution >= 4 is 5.97 Å². The van der Waals surface area contributed by atoms with E-state index < -0.39 is 29.1 Å². The highest BCUT2D eigenvalue weighted by molar-refractivity contribution is 5.71. The number of hydrogen-bond donors (Lipinski definition) is 2. The number of hydrogen-bond acceptors (Lipinski definition) is 2. The van der Waals surface area contributed by atoms with Gasteiger partial charge in [-0.1, -0.05) is 19.1 Å². The van der Waals surface area contributed by atoms with E-state index in [2.05, 4.69) is 0 Å². The third-order valence-electron chi connectivity index (χ3n) is 2.88. The van der Waals surface area contributed by atoms with Gasteiger partial charge in [-0.2, -0.15) is 0 Å². The lowest BCUT2D eigenvalue weighted by Crippen LogP contribution is -2.37. The molecule has 0 bridgehead atoms. The van der Waals surface area contributed by atoms with Crippen molar-refractivity contribution in [2.24, 2.45) is 5.92 Å². The summed E-state index contributed by atoms with van der Waals surface area (Å²) >= 11 is 0. The van der Waals surface area contributed by atoms with Crippen molar-refractivity contribution < 1.29 is 23.8 Å². The van der Waals surface area contributed by atoms with Gasteiger partial charge >= 0.3 is 5.97 Å². The maximum atomic E-state index is 13.5. The second-order valence-corrected chi connectivity index (χ2v) is 4.05. The summed E-state index contributed by atoms with van der Waals surface area (Å²) in [6.07, 6.45) is 0.109. The normalized spacial score (nSPS) is 16.3. The molecular formula is C12H14F2O3. The van der Waals surface area contributed by atoms with Crippen LogP contribution in [0.3, 0.4) is 0 Å². The maximum absolute atomic E-state index is 13.5. The van der Waals surface area contributed by atoms with E-state index in [1.54, 1.807) is 6.92 Å². The molecule has 0 amide bonds. The lowest BCUT2D eigenvalue weighted by molar-refractivity contribution is -0.152. The van der Waals surface area contributed by atoms with Gasteiger partial charge in [0.2, 0.25) is 0 Å². The van der Waals surface area contributed by atoms with Crippen LogP contribution in [0.5, 0.6) is 0 Å². The Hall–Kier alpha value is -1.49. The molecule has 2 N–H and O–H groups in total. The first-order valence-electron chi connectivity index (χ1n) is 5.22. The molecule has 0 heterocycles. The molecule has 0 aromatic heterocycles. The molecule has 2 unspecified atom stereocenters. The van der Waals surface area contributed by atoms with Crippen LogP contribution >= 0.6 is 0 Å². The summed E-state index contributed by atoms with van der Waals surface area (Å²) < 4.78 is 26.6. The largest absolute Gasteiger partial charge is 0.481 e. The fourth-order valence-electron chi connectivity index (χ4n) is 1.89. The van der Waals surface area contributed by atoms with Crippen molar-refractivity contribution in [3.8, 4) is 0 Å². The first-order valence-corrected chi connectivity index (χ1v) is 5.22. The lowest BCUT2D eigenvalue weighted by atomic mass is 9.81. The summed E-state index contributed by atoms with van der Waals surface area (Å²) in [7, 11) is 0. The van der Waals surface area contributed by atoms with Crippen molar-refractivity contribution in [1.82, 2.24) is 0 Å². The minimum absolute atomic E-state index is 0.109. The lowest BCUT2D eigenvalue weighted by Gasteiger charge is -2.30. The van der Waals surface area contributed by atoms with Gasteiger partial charge in [-0.05, 0) is 19.4 Å². The quantitative estimate of drug-likeness (QED) is 0.854. The summed E-state index contributed by atoms with van der Waals surface area (Å²) in [6, 6.07) is 3.33. The molecule has 0 aliphatic carbocycles. The molecule has 0 saturated carbocycles. The molecule has 0 aliphatic heterocycles. The molecule has 1 aromatic rings. The Kier molecular flexibility index (Phi) is 3.83. The molecule has 0 saturated heterocycles. The van der Waals surface area contributed by atoms with Crippen LogP contribution in [0.25, 0.3) is 0 Å². The number of aliphatic hydroxyl groups is 1. The molecule has 0 aliphatic rings. The van der Waals surface area contributed by atoms with Crippen LogP contribution in [0.1, 0.15) is 25.8 Å². The van der Waals surface area contributed by atoms with Crippen molar-refractivity contribution in [3.05, 3.63) is 35.4 Å². The van der Waals surface area contributed by atoms with Crippen LogP contribution < -0.4 is 0 Å². The molecule has 0 radical (unpaired) electrons. The molecule has 1 aromatic carbocycles. The van der Waals surface area contributed by atoms with E-state index in [1.165, 1.54) is 19.1 Å². The molecule has 0 fully saturated rings. The average Bonchev–Trinajstić information content (AvgIpc) is 2.21. The SMILES string of the molecule is CCC(C(=O)O)C(C)(O)c1cccc(F)c1F. The predicted molar refractivity (Wildman–Crippen MR) is 57.3 cm³/mol. The molecule has 5 heteroatoms. The highest BCUT2D eigenvalue weighted by Crippen LogP contribution is 2.34. The van der Waals surface area contributed by atoms with Gasteiger partial charge in [-0.25, -0.2) is 8.78 Å². The number of halogens is 2. The molecule has 17 heavy (non-hydrogen) atoms. The number of aliphatic carboxylic acids is 1. The Labute approximate surface area is 97.7 Å². The van der Waals surface area contributed by atoms with Crippen LogP contribution in [0.15, 0.2) is 18.2 Å². The summed E-state index contributed by atoms with van der Waals surface area (Å²) in [5, 5.41) is 19.1. The van der Waals surface area contributed by atoms with Gasteiger partial charge in [0.1, 0.15) is 5.60 Å². The Balaban J connectivity index is 3.29. The molecule has 94 valence electrons. The summed E-state index contributed by atoms with van der Waals surface area (Å²) in [5.41, 5.74) is -2.29. The smallest absolute Gasteiger partial charge is 0.309 e. The van der Waals surface area contributed by atoms with Crippen molar-refractivity contribution in [2.75, 3.05) is 0 Å². The van der Waals surface area contributed by atoms with Gasteiger partial charge in [-0.15, -0.1) is 0 Å². The van der Waals surface area contributed by atoms with Gasteiger partial charge in [0, 0.05) is 5.56 Å². The zero-order valence-corrected chi connectivity index (χ0v) is 9.58. The van der Waals surface area contributed by atoms with E-state index in [9.17, 15) is 18.7 Å². The van der Waals surface area contributed by atoms with Crippen LogP contribution in [0.2, 0.25) is 0 Å². The van der Waals surface area contributed by atoms with Crippen molar-refractivity contribution in [2.45, 2.75) is 25.9 Å². The first-order chi connectivity index (χ1) is 7.82. The molecule has 0 spiro atoms.